The standard InChI is InChI=1S/C24H47NO/c1-2-3-4-5-6-7-8-9-10-11-12-13-14-15-16-17-18-22-24(26)25-23-20-19-21-23/h23H,2-22H2,1H3,(H,25,26). The predicted molar refractivity (Wildman–Crippen MR) is 115 cm³/mol. The fourth-order valence-corrected chi connectivity index (χ4v) is 3.86. The lowest BCUT2D eigenvalue weighted by atomic mass is 9.93. The zero-order valence-corrected chi connectivity index (χ0v) is 17.8. The molecule has 0 saturated heterocycles. The number of nitrogens with one attached hydrogen (secondary N) is 1. The minimum atomic E-state index is 0.288. The molecule has 0 aromatic carbocycles. The third-order valence-corrected chi connectivity index (χ3v) is 5.98. The topological polar surface area (TPSA) is 29.1 Å². The van der Waals surface area contributed by atoms with Crippen LogP contribution in [0.15, 0.2) is 0 Å². The van der Waals surface area contributed by atoms with E-state index in [9.17, 15) is 4.79 Å². The van der Waals surface area contributed by atoms with E-state index in [1.807, 2.05) is 0 Å². The Labute approximate surface area is 164 Å². The Hall–Kier alpha value is -0.530. The van der Waals surface area contributed by atoms with Crippen molar-refractivity contribution in [2.45, 2.75) is 148 Å². The molecule has 154 valence electrons. The summed E-state index contributed by atoms with van der Waals surface area (Å²) < 4.78 is 0. The molecular formula is C24H47NO. The maximum absolute atomic E-state index is 11.7. The van der Waals surface area contributed by atoms with E-state index in [0.29, 0.717) is 6.04 Å². The van der Waals surface area contributed by atoms with Gasteiger partial charge in [-0.3, -0.25) is 4.79 Å². The second kappa shape index (κ2) is 17.9. The van der Waals surface area contributed by atoms with Gasteiger partial charge in [-0.05, 0) is 25.7 Å². The number of hydrogen-bond acceptors (Lipinski definition) is 1. The molecule has 2 heteroatoms. The van der Waals surface area contributed by atoms with Crippen molar-refractivity contribution in [3.8, 4) is 0 Å². The Balaban J connectivity index is 1.66. The van der Waals surface area contributed by atoms with Gasteiger partial charge in [-0.25, -0.2) is 0 Å². The summed E-state index contributed by atoms with van der Waals surface area (Å²) in [5.41, 5.74) is 0. The van der Waals surface area contributed by atoms with Crippen LogP contribution in [-0.2, 0) is 4.79 Å². The normalized spacial score (nSPS) is 14.3. The monoisotopic (exact) mass is 365 g/mol. The van der Waals surface area contributed by atoms with E-state index >= 15 is 0 Å². The fraction of sp³-hybridized carbons (Fsp3) is 0.958. The highest BCUT2D eigenvalue weighted by Gasteiger charge is 2.18. The first-order valence-electron chi connectivity index (χ1n) is 12.1. The molecule has 0 heterocycles. The van der Waals surface area contributed by atoms with Crippen LogP contribution >= 0.6 is 0 Å². The van der Waals surface area contributed by atoms with Gasteiger partial charge in [0, 0.05) is 12.5 Å². The second-order valence-corrected chi connectivity index (χ2v) is 8.60. The van der Waals surface area contributed by atoms with Crippen LogP contribution in [0.4, 0.5) is 0 Å². The average molecular weight is 366 g/mol. The van der Waals surface area contributed by atoms with Crippen LogP contribution in [0.25, 0.3) is 0 Å². The lowest BCUT2D eigenvalue weighted by Crippen LogP contribution is -2.39. The van der Waals surface area contributed by atoms with E-state index in [-0.39, 0.29) is 5.91 Å². The third kappa shape index (κ3) is 14.6. The first kappa shape index (κ1) is 23.5. The highest BCUT2D eigenvalue weighted by atomic mass is 16.1. The molecule has 0 spiro atoms. The first-order valence-corrected chi connectivity index (χ1v) is 12.1. The van der Waals surface area contributed by atoms with Gasteiger partial charge in [-0.15, -0.1) is 0 Å². The summed E-state index contributed by atoms with van der Waals surface area (Å²) in [6.45, 7) is 2.29. The van der Waals surface area contributed by atoms with Crippen molar-refractivity contribution < 1.29 is 4.79 Å². The van der Waals surface area contributed by atoms with E-state index < -0.39 is 0 Å². The van der Waals surface area contributed by atoms with E-state index in [1.165, 1.54) is 122 Å². The lowest BCUT2D eigenvalue weighted by molar-refractivity contribution is -0.122. The molecule has 1 saturated carbocycles. The summed E-state index contributed by atoms with van der Waals surface area (Å²) in [6, 6.07) is 0.508. The SMILES string of the molecule is CCCCCCCCCCCCCCCCCCCC(=O)NC1CCC1. The number of carbonyl (C=O) groups excluding carboxylic acids is 1. The van der Waals surface area contributed by atoms with E-state index in [0.717, 1.165) is 12.8 Å². The third-order valence-electron chi connectivity index (χ3n) is 5.98. The van der Waals surface area contributed by atoms with Crippen LogP contribution in [0.3, 0.4) is 0 Å². The van der Waals surface area contributed by atoms with Crippen molar-refractivity contribution in [1.29, 1.82) is 0 Å². The first-order chi connectivity index (χ1) is 12.8. The summed E-state index contributed by atoms with van der Waals surface area (Å²) in [5.74, 6) is 0.288. The Bertz CT molecular complexity index is 311. The molecule has 0 aromatic heterocycles. The van der Waals surface area contributed by atoms with Gasteiger partial charge >= 0.3 is 0 Å². The fourth-order valence-electron chi connectivity index (χ4n) is 3.86. The minimum absolute atomic E-state index is 0.288. The van der Waals surface area contributed by atoms with Gasteiger partial charge in [-0.2, -0.15) is 0 Å². The molecular weight excluding hydrogens is 318 g/mol. The van der Waals surface area contributed by atoms with E-state index in [1.54, 1.807) is 0 Å². The molecule has 0 bridgehead atoms. The highest BCUT2D eigenvalue weighted by Crippen LogP contribution is 2.18. The summed E-state index contributed by atoms with van der Waals surface area (Å²) >= 11 is 0. The lowest BCUT2D eigenvalue weighted by Gasteiger charge is -2.26. The van der Waals surface area contributed by atoms with Gasteiger partial charge in [0.15, 0.2) is 0 Å². The molecule has 26 heavy (non-hydrogen) atoms. The molecule has 1 amide bonds. The largest absolute Gasteiger partial charge is 0.353 e. The molecule has 0 unspecified atom stereocenters. The number of hydrogen-bond donors (Lipinski definition) is 1. The predicted octanol–water partition coefficient (Wildman–Crippen LogP) is 7.70. The van der Waals surface area contributed by atoms with E-state index in [4.69, 9.17) is 0 Å². The smallest absolute Gasteiger partial charge is 0.220 e. The number of unbranched alkanes of at least 4 members (excludes halogenated alkanes) is 16. The summed E-state index contributed by atoms with van der Waals surface area (Å²) in [5, 5.41) is 3.13. The Kier molecular flexibility index (Phi) is 16.2. The summed E-state index contributed by atoms with van der Waals surface area (Å²) in [7, 11) is 0. The van der Waals surface area contributed by atoms with Gasteiger partial charge < -0.3 is 5.32 Å². The van der Waals surface area contributed by atoms with Crippen molar-refractivity contribution >= 4 is 5.91 Å². The summed E-state index contributed by atoms with van der Waals surface area (Å²) in [6.07, 6.45) is 28.1. The maximum atomic E-state index is 11.7. The summed E-state index contributed by atoms with van der Waals surface area (Å²) in [4.78, 5) is 11.7. The van der Waals surface area contributed by atoms with Crippen LogP contribution in [0, 0.1) is 0 Å². The van der Waals surface area contributed by atoms with Crippen LogP contribution in [0.5, 0.6) is 0 Å². The molecule has 0 atom stereocenters. The van der Waals surface area contributed by atoms with Crippen molar-refractivity contribution in [2.75, 3.05) is 0 Å². The maximum Gasteiger partial charge on any atom is 0.220 e. The zero-order valence-electron chi connectivity index (χ0n) is 17.8. The second-order valence-electron chi connectivity index (χ2n) is 8.60. The number of carbonyl (C=O) groups is 1. The van der Waals surface area contributed by atoms with Crippen molar-refractivity contribution in [3.05, 3.63) is 0 Å². The molecule has 0 radical (unpaired) electrons. The van der Waals surface area contributed by atoms with E-state index in [2.05, 4.69) is 12.2 Å². The molecule has 2 nitrogen and oxygen atoms in total. The zero-order chi connectivity index (χ0) is 18.7. The molecule has 1 rings (SSSR count). The van der Waals surface area contributed by atoms with Crippen LogP contribution in [-0.4, -0.2) is 11.9 Å². The van der Waals surface area contributed by atoms with Crippen molar-refractivity contribution in [1.82, 2.24) is 5.32 Å². The number of amides is 1. The molecule has 1 aliphatic rings. The molecule has 1 aliphatic carbocycles. The van der Waals surface area contributed by atoms with Gasteiger partial charge in [0.05, 0.1) is 0 Å². The number of rotatable bonds is 19. The highest BCUT2D eigenvalue weighted by molar-refractivity contribution is 5.76. The van der Waals surface area contributed by atoms with Crippen LogP contribution in [0.1, 0.15) is 142 Å². The molecule has 0 aliphatic heterocycles. The van der Waals surface area contributed by atoms with Crippen LogP contribution in [0.2, 0.25) is 0 Å². The van der Waals surface area contributed by atoms with Gasteiger partial charge in [-0.1, -0.05) is 110 Å². The molecule has 0 aromatic rings. The molecule has 1 N–H and O–H groups in total. The molecule has 1 fully saturated rings. The van der Waals surface area contributed by atoms with Crippen LogP contribution < -0.4 is 5.32 Å². The van der Waals surface area contributed by atoms with Crippen molar-refractivity contribution in [3.63, 3.8) is 0 Å². The van der Waals surface area contributed by atoms with Crippen molar-refractivity contribution in [2.24, 2.45) is 0 Å². The average Bonchev–Trinajstić information content (AvgIpc) is 2.61. The van der Waals surface area contributed by atoms with Gasteiger partial charge in [0.25, 0.3) is 0 Å². The van der Waals surface area contributed by atoms with Gasteiger partial charge in [0.2, 0.25) is 5.91 Å². The minimum Gasteiger partial charge on any atom is -0.353 e. The Morgan fingerprint density at radius 3 is 1.38 bits per heavy atom. The Morgan fingerprint density at radius 2 is 1.04 bits per heavy atom. The quantitative estimate of drug-likeness (QED) is 0.233. The van der Waals surface area contributed by atoms with Gasteiger partial charge in [0.1, 0.15) is 0 Å². The Morgan fingerprint density at radius 1 is 0.654 bits per heavy atom.